The Morgan fingerprint density at radius 1 is 1.17 bits per heavy atom. The van der Waals surface area contributed by atoms with Crippen molar-refractivity contribution in [2.75, 3.05) is 24.5 Å². The van der Waals surface area contributed by atoms with Crippen molar-refractivity contribution in [2.24, 2.45) is 0 Å². The number of carbonyl (C=O) groups is 1. The molecule has 0 bridgehead atoms. The highest BCUT2D eigenvalue weighted by atomic mass is 35.5. The maximum Gasteiger partial charge on any atom is 0.246 e. The van der Waals surface area contributed by atoms with Crippen LogP contribution in [-0.4, -0.2) is 25.9 Å². The monoisotopic (exact) mass is 348 g/mol. The summed E-state index contributed by atoms with van der Waals surface area (Å²) in [4.78, 5) is 12.3. The van der Waals surface area contributed by atoms with Crippen LogP contribution < -0.4 is 24.8 Å². The van der Waals surface area contributed by atoms with Crippen molar-refractivity contribution in [1.29, 1.82) is 0 Å². The van der Waals surface area contributed by atoms with Crippen molar-refractivity contribution in [3.63, 3.8) is 0 Å². The lowest BCUT2D eigenvalue weighted by Gasteiger charge is -2.16. The van der Waals surface area contributed by atoms with E-state index in [-0.39, 0.29) is 12.7 Å². The Kier molecular flexibility index (Phi) is 4.66. The average molecular weight is 349 g/mol. The van der Waals surface area contributed by atoms with Gasteiger partial charge >= 0.3 is 0 Å². The third-order valence-corrected chi connectivity index (χ3v) is 3.86. The molecule has 0 aromatic heterocycles. The van der Waals surface area contributed by atoms with E-state index >= 15 is 0 Å². The Labute approximate surface area is 144 Å². The Balaban J connectivity index is 1.63. The summed E-state index contributed by atoms with van der Waals surface area (Å²) in [7, 11) is 1.55. The predicted molar refractivity (Wildman–Crippen MR) is 92.3 cm³/mol. The standard InChI is InChI=1S/C17H17ClN2O4/c1-10(19-11-3-5-14(22-2)13(18)7-11)17(21)20-12-4-6-15-16(8-12)24-9-23-15/h3-8,10,19H,9H2,1-2H3,(H,20,21)/t10-/m0/s1. The number of hydrogen-bond donors (Lipinski definition) is 2. The van der Waals surface area contributed by atoms with E-state index in [1.807, 2.05) is 0 Å². The van der Waals surface area contributed by atoms with Crippen LogP contribution in [0.4, 0.5) is 11.4 Å². The number of methoxy groups -OCH3 is 1. The van der Waals surface area contributed by atoms with Crippen LogP contribution in [0.3, 0.4) is 0 Å². The zero-order chi connectivity index (χ0) is 17.1. The van der Waals surface area contributed by atoms with Gasteiger partial charge in [-0.25, -0.2) is 0 Å². The van der Waals surface area contributed by atoms with Gasteiger partial charge in [-0.2, -0.15) is 0 Å². The molecule has 0 spiro atoms. The molecule has 1 aliphatic heterocycles. The van der Waals surface area contributed by atoms with E-state index < -0.39 is 6.04 Å². The van der Waals surface area contributed by atoms with Gasteiger partial charge in [0.05, 0.1) is 12.1 Å². The number of nitrogens with one attached hydrogen (secondary N) is 2. The molecule has 2 N–H and O–H groups in total. The summed E-state index contributed by atoms with van der Waals surface area (Å²) in [6, 6.07) is 10.1. The van der Waals surface area contributed by atoms with E-state index in [2.05, 4.69) is 10.6 Å². The summed E-state index contributed by atoms with van der Waals surface area (Å²) in [6.07, 6.45) is 0. The lowest BCUT2D eigenvalue weighted by molar-refractivity contribution is -0.116. The van der Waals surface area contributed by atoms with Crippen LogP contribution in [0, 0.1) is 0 Å². The molecule has 0 unspecified atom stereocenters. The fourth-order valence-corrected chi connectivity index (χ4v) is 2.55. The van der Waals surface area contributed by atoms with Gasteiger partial charge in [-0.3, -0.25) is 4.79 Å². The molecule has 3 rings (SSSR count). The van der Waals surface area contributed by atoms with E-state index in [4.69, 9.17) is 25.8 Å². The van der Waals surface area contributed by atoms with Crippen molar-refractivity contribution in [1.82, 2.24) is 0 Å². The smallest absolute Gasteiger partial charge is 0.246 e. The second-order valence-electron chi connectivity index (χ2n) is 5.27. The quantitative estimate of drug-likeness (QED) is 0.865. The van der Waals surface area contributed by atoms with Crippen LogP contribution in [0.2, 0.25) is 5.02 Å². The second-order valence-corrected chi connectivity index (χ2v) is 5.68. The first kappa shape index (κ1) is 16.3. The number of ether oxygens (including phenoxy) is 3. The van der Waals surface area contributed by atoms with Gasteiger partial charge < -0.3 is 24.8 Å². The molecule has 0 saturated carbocycles. The van der Waals surface area contributed by atoms with Crippen LogP contribution in [0.15, 0.2) is 36.4 Å². The van der Waals surface area contributed by atoms with E-state index in [9.17, 15) is 4.79 Å². The Morgan fingerprint density at radius 2 is 1.92 bits per heavy atom. The highest BCUT2D eigenvalue weighted by Crippen LogP contribution is 2.34. The number of hydrogen-bond acceptors (Lipinski definition) is 5. The molecule has 0 fully saturated rings. The first-order valence-corrected chi connectivity index (χ1v) is 7.75. The third kappa shape index (κ3) is 3.49. The number of anilines is 2. The lowest BCUT2D eigenvalue weighted by atomic mass is 10.2. The minimum atomic E-state index is -0.458. The summed E-state index contributed by atoms with van der Waals surface area (Å²) in [5.74, 6) is 1.70. The van der Waals surface area contributed by atoms with Crippen LogP contribution in [0.1, 0.15) is 6.92 Å². The number of carbonyl (C=O) groups excluding carboxylic acids is 1. The number of benzene rings is 2. The Hall–Kier alpha value is -2.60. The molecule has 2 aromatic rings. The molecule has 7 heteroatoms. The van der Waals surface area contributed by atoms with Crippen molar-refractivity contribution < 1.29 is 19.0 Å². The normalized spacial score (nSPS) is 13.3. The maximum atomic E-state index is 12.3. The van der Waals surface area contributed by atoms with E-state index in [1.165, 1.54) is 0 Å². The molecule has 24 heavy (non-hydrogen) atoms. The summed E-state index contributed by atoms with van der Waals surface area (Å²) in [5.41, 5.74) is 1.37. The molecule has 126 valence electrons. The summed E-state index contributed by atoms with van der Waals surface area (Å²) < 4.78 is 15.6. The van der Waals surface area contributed by atoms with Crippen LogP contribution in [0.25, 0.3) is 0 Å². The molecule has 1 aliphatic rings. The Bertz CT molecular complexity index is 766. The number of halogens is 1. The molecule has 6 nitrogen and oxygen atoms in total. The van der Waals surface area contributed by atoms with Gasteiger partial charge in [0.25, 0.3) is 0 Å². The predicted octanol–water partition coefficient (Wildman–Crippen LogP) is 3.52. The van der Waals surface area contributed by atoms with Gasteiger partial charge in [0.15, 0.2) is 11.5 Å². The van der Waals surface area contributed by atoms with Crippen molar-refractivity contribution in [3.8, 4) is 17.2 Å². The van der Waals surface area contributed by atoms with Gasteiger partial charge in [0.1, 0.15) is 11.8 Å². The third-order valence-electron chi connectivity index (χ3n) is 3.57. The first-order valence-electron chi connectivity index (χ1n) is 7.37. The highest BCUT2D eigenvalue weighted by molar-refractivity contribution is 6.32. The van der Waals surface area contributed by atoms with Crippen LogP contribution in [0.5, 0.6) is 17.2 Å². The minimum Gasteiger partial charge on any atom is -0.495 e. The Morgan fingerprint density at radius 3 is 2.67 bits per heavy atom. The first-order chi connectivity index (χ1) is 11.6. The lowest BCUT2D eigenvalue weighted by Crippen LogP contribution is -2.31. The fourth-order valence-electron chi connectivity index (χ4n) is 2.30. The zero-order valence-electron chi connectivity index (χ0n) is 13.3. The fraction of sp³-hybridized carbons (Fsp3) is 0.235. The highest BCUT2D eigenvalue weighted by Gasteiger charge is 2.17. The van der Waals surface area contributed by atoms with Crippen LogP contribution in [-0.2, 0) is 4.79 Å². The van der Waals surface area contributed by atoms with Gasteiger partial charge in [-0.15, -0.1) is 0 Å². The molecule has 0 aliphatic carbocycles. The van der Waals surface area contributed by atoms with Crippen LogP contribution >= 0.6 is 11.6 Å². The van der Waals surface area contributed by atoms with Gasteiger partial charge in [0.2, 0.25) is 12.7 Å². The maximum absolute atomic E-state index is 12.3. The topological polar surface area (TPSA) is 68.8 Å². The zero-order valence-corrected chi connectivity index (χ0v) is 14.0. The van der Waals surface area contributed by atoms with E-state index in [1.54, 1.807) is 50.4 Å². The van der Waals surface area contributed by atoms with Crippen molar-refractivity contribution >= 4 is 28.9 Å². The molecular weight excluding hydrogens is 332 g/mol. The molecule has 1 atom stereocenters. The summed E-state index contributed by atoms with van der Waals surface area (Å²) >= 11 is 6.09. The van der Waals surface area contributed by atoms with Gasteiger partial charge in [-0.1, -0.05) is 11.6 Å². The SMILES string of the molecule is COc1ccc(N[C@@H](C)C(=O)Nc2ccc3c(c2)OCO3)cc1Cl. The molecule has 0 radical (unpaired) electrons. The molecule has 1 amide bonds. The van der Waals surface area contributed by atoms with Gasteiger partial charge in [0, 0.05) is 17.4 Å². The molecule has 2 aromatic carbocycles. The second kappa shape index (κ2) is 6.88. The van der Waals surface area contributed by atoms with Gasteiger partial charge in [-0.05, 0) is 37.3 Å². The van der Waals surface area contributed by atoms with Crippen molar-refractivity contribution in [2.45, 2.75) is 13.0 Å². The van der Waals surface area contributed by atoms with E-state index in [0.29, 0.717) is 28.0 Å². The van der Waals surface area contributed by atoms with E-state index in [0.717, 1.165) is 5.69 Å². The number of fused-ring (bicyclic) bond motifs is 1. The minimum absolute atomic E-state index is 0.180. The largest absolute Gasteiger partial charge is 0.495 e. The number of amides is 1. The molecule has 0 saturated heterocycles. The molecule has 1 heterocycles. The average Bonchev–Trinajstić information content (AvgIpc) is 3.02. The number of rotatable bonds is 5. The molecular formula is C17H17ClN2O4. The summed E-state index contributed by atoms with van der Waals surface area (Å²) in [6.45, 7) is 1.96. The van der Waals surface area contributed by atoms with Crippen molar-refractivity contribution in [3.05, 3.63) is 41.4 Å². The summed E-state index contributed by atoms with van der Waals surface area (Å²) in [5, 5.41) is 6.41.